The lowest BCUT2D eigenvalue weighted by Gasteiger charge is -2.34. The van der Waals surface area contributed by atoms with Gasteiger partial charge in [0.1, 0.15) is 6.04 Å². The van der Waals surface area contributed by atoms with E-state index >= 15 is 0 Å². The van der Waals surface area contributed by atoms with Gasteiger partial charge in [0, 0.05) is 26.1 Å². The molecule has 1 amide bonds. The molecule has 5 heteroatoms. The monoisotopic (exact) mass is 256 g/mol. The van der Waals surface area contributed by atoms with Crippen molar-refractivity contribution in [3.8, 4) is 0 Å². The molecule has 3 atom stereocenters. The minimum absolute atomic E-state index is 0.184. The Labute approximate surface area is 109 Å². The lowest BCUT2D eigenvalue weighted by atomic mass is 9.92. The number of amides is 1. The Hall–Kier alpha value is -1.10. The van der Waals surface area contributed by atoms with Crippen molar-refractivity contribution in [3.63, 3.8) is 0 Å². The molecule has 1 aliphatic heterocycles. The fourth-order valence-corrected chi connectivity index (χ4v) is 2.61. The van der Waals surface area contributed by atoms with E-state index in [4.69, 9.17) is 5.11 Å². The van der Waals surface area contributed by atoms with E-state index in [9.17, 15) is 9.59 Å². The van der Waals surface area contributed by atoms with Crippen molar-refractivity contribution < 1.29 is 14.7 Å². The van der Waals surface area contributed by atoms with Crippen LogP contribution in [0.25, 0.3) is 0 Å². The lowest BCUT2D eigenvalue weighted by Crippen LogP contribution is -2.43. The van der Waals surface area contributed by atoms with Crippen LogP contribution >= 0.6 is 0 Å². The minimum atomic E-state index is -0.997. The van der Waals surface area contributed by atoms with E-state index in [1.165, 1.54) is 13.3 Å². The number of carbonyl (C=O) groups excluding carboxylic acids is 1. The third-order valence-electron chi connectivity index (χ3n) is 3.35. The van der Waals surface area contributed by atoms with Gasteiger partial charge in [0.25, 0.3) is 0 Å². The maximum Gasteiger partial charge on any atom is 0.325 e. The van der Waals surface area contributed by atoms with E-state index in [2.05, 4.69) is 24.1 Å². The zero-order valence-electron chi connectivity index (χ0n) is 11.5. The molecular weight excluding hydrogens is 232 g/mol. The number of carboxylic acid groups (broad SMARTS) is 1. The second kappa shape index (κ2) is 6.73. The van der Waals surface area contributed by atoms with Crippen molar-refractivity contribution in [2.45, 2.75) is 39.7 Å². The largest absolute Gasteiger partial charge is 0.480 e. The Morgan fingerprint density at radius 1 is 1.33 bits per heavy atom. The van der Waals surface area contributed by atoms with E-state index in [-0.39, 0.29) is 5.91 Å². The van der Waals surface area contributed by atoms with Gasteiger partial charge in [-0.05, 0) is 25.2 Å². The second-order valence-electron chi connectivity index (χ2n) is 5.58. The fraction of sp³-hybridized carbons (Fsp3) is 0.846. The Bertz CT molecular complexity index is 297. The van der Waals surface area contributed by atoms with Gasteiger partial charge in [-0.25, -0.2) is 0 Å². The fourth-order valence-electron chi connectivity index (χ4n) is 2.61. The zero-order chi connectivity index (χ0) is 13.7. The molecule has 0 aromatic carbocycles. The molecule has 0 bridgehead atoms. The average molecular weight is 256 g/mol. The molecule has 5 nitrogen and oxygen atoms in total. The van der Waals surface area contributed by atoms with E-state index in [1.54, 1.807) is 0 Å². The van der Waals surface area contributed by atoms with Gasteiger partial charge >= 0.3 is 5.97 Å². The number of carboxylic acids is 1. The summed E-state index contributed by atoms with van der Waals surface area (Å²) in [6.07, 6.45) is 1.62. The van der Waals surface area contributed by atoms with Gasteiger partial charge in [-0.15, -0.1) is 0 Å². The first-order valence-corrected chi connectivity index (χ1v) is 6.63. The maximum absolute atomic E-state index is 11.6. The highest BCUT2D eigenvalue weighted by Gasteiger charge is 2.22. The van der Waals surface area contributed by atoms with Crippen LogP contribution in [0.2, 0.25) is 0 Å². The first-order chi connectivity index (χ1) is 8.38. The molecule has 0 aromatic heterocycles. The zero-order valence-corrected chi connectivity index (χ0v) is 11.5. The Morgan fingerprint density at radius 3 is 2.39 bits per heavy atom. The third-order valence-corrected chi connectivity index (χ3v) is 3.35. The molecule has 3 unspecified atom stereocenters. The van der Waals surface area contributed by atoms with Gasteiger partial charge in [0.05, 0.1) is 0 Å². The predicted molar refractivity (Wildman–Crippen MR) is 69.2 cm³/mol. The number of likely N-dealkylation sites (tertiary alicyclic amines) is 1. The molecule has 1 fully saturated rings. The van der Waals surface area contributed by atoms with Gasteiger partial charge in [0.15, 0.2) is 0 Å². The molecule has 0 saturated carbocycles. The number of carbonyl (C=O) groups is 2. The minimum Gasteiger partial charge on any atom is -0.480 e. The van der Waals surface area contributed by atoms with Crippen LogP contribution in [0.4, 0.5) is 0 Å². The van der Waals surface area contributed by atoms with E-state index in [1.807, 2.05) is 0 Å². The molecule has 0 spiro atoms. The van der Waals surface area contributed by atoms with Crippen LogP contribution in [0.5, 0.6) is 0 Å². The molecule has 0 aromatic rings. The van der Waals surface area contributed by atoms with Gasteiger partial charge in [-0.1, -0.05) is 13.8 Å². The molecule has 1 aliphatic rings. The molecule has 2 N–H and O–H groups in total. The van der Waals surface area contributed by atoms with Crippen molar-refractivity contribution in [2.75, 3.05) is 19.6 Å². The first-order valence-electron chi connectivity index (χ1n) is 6.63. The SMILES string of the molecule is CC1CC(C)CN(CCC(=O)NC(C)C(=O)O)C1. The summed E-state index contributed by atoms with van der Waals surface area (Å²) in [4.78, 5) is 24.5. The van der Waals surface area contributed by atoms with Crippen LogP contribution in [-0.2, 0) is 9.59 Å². The molecule has 18 heavy (non-hydrogen) atoms. The van der Waals surface area contributed by atoms with Gasteiger partial charge in [-0.3, -0.25) is 9.59 Å². The number of piperidine rings is 1. The molecule has 104 valence electrons. The predicted octanol–water partition coefficient (Wildman–Crippen LogP) is 0.944. The number of rotatable bonds is 5. The van der Waals surface area contributed by atoms with Gasteiger partial charge in [-0.2, -0.15) is 0 Å². The number of hydrogen-bond acceptors (Lipinski definition) is 3. The Kier molecular flexibility index (Phi) is 5.59. The number of nitrogens with one attached hydrogen (secondary N) is 1. The van der Waals surface area contributed by atoms with Gasteiger partial charge < -0.3 is 15.3 Å². The quantitative estimate of drug-likeness (QED) is 0.768. The maximum atomic E-state index is 11.6. The van der Waals surface area contributed by atoms with E-state index in [0.29, 0.717) is 24.8 Å². The summed E-state index contributed by atoms with van der Waals surface area (Å²) in [6, 6.07) is -0.809. The summed E-state index contributed by atoms with van der Waals surface area (Å²) >= 11 is 0. The number of hydrogen-bond donors (Lipinski definition) is 2. The summed E-state index contributed by atoms with van der Waals surface area (Å²) in [5, 5.41) is 11.2. The highest BCUT2D eigenvalue weighted by Crippen LogP contribution is 2.20. The van der Waals surface area contributed by atoms with Crippen molar-refractivity contribution >= 4 is 11.9 Å². The third kappa shape index (κ3) is 5.04. The summed E-state index contributed by atoms with van der Waals surface area (Å²) in [5.41, 5.74) is 0. The van der Waals surface area contributed by atoms with Crippen molar-refractivity contribution in [3.05, 3.63) is 0 Å². The number of nitrogens with zero attached hydrogens (tertiary/aromatic N) is 1. The second-order valence-corrected chi connectivity index (χ2v) is 5.58. The standard InChI is InChI=1S/C13H24N2O3/c1-9-6-10(2)8-15(7-9)5-4-12(16)14-11(3)13(17)18/h9-11H,4-8H2,1-3H3,(H,14,16)(H,17,18). The first kappa shape index (κ1) is 15.0. The van der Waals surface area contributed by atoms with Crippen LogP contribution in [0, 0.1) is 11.8 Å². The van der Waals surface area contributed by atoms with Crippen molar-refractivity contribution in [1.82, 2.24) is 10.2 Å². The summed E-state index contributed by atoms with van der Waals surface area (Å²) in [6.45, 7) is 8.72. The van der Waals surface area contributed by atoms with Crippen LogP contribution in [0.1, 0.15) is 33.6 Å². The van der Waals surface area contributed by atoms with Gasteiger partial charge in [0.2, 0.25) is 5.91 Å². The molecule has 0 aliphatic carbocycles. The van der Waals surface area contributed by atoms with Crippen molar-refractivity contribution in [2.24, 2.45) is 11.8 Å². The van der Waals surface area contributed by atoms with Crippen LogP contribution < -0.4 is 5.32 Å². The molecule has 0 radical (unpaired) electrons. The molecule has 1 saturated heterocycles. The highest BCUT2D eigenvalue weighted by molar-refractivity contribution is 5.83. The summed E-state index contributed by atoms with van der Waals surface area (Å²) in [7, 11) is 0. The van der Waals surface area contributed by atoms with Crippen LogP contribution in [0.15, 0.2) is 0 Å². The summed E-state index contributed by atoms with van der Waals surface area (Å²) in [5.74, 6) is 0.170. The normalized spacial score (nSPS) is 26.6. The summed E-state index contributed by atoms with van der Waals surface area (Å²) < 4.78 is 0. The number of aliphatic carboxylic acids is 1. The lowest BCUT2D eigenvalue weighted by molar-refractivity contribution is -0.141. The average Bonchev–Trinajstić information content (AvgIpc) is 2.25. The van der Waals surface area contributed by atoms with E-state index in [0.717, 1.165) is 13.1 Å². The highest BCUT2D eigenvalue weighted by atomic mass is 16.4. The molecular formula is C13H24N2O3. The Morgan fingerprint density at radius 2 is 1.89 bits per heavy atom. The Balaban J connectivity index is 2.27. The smallest absolute Gasteiger partial charge is 0.325 e. The van der Waals surface area contributed by atoms with E-state index < -0.39 is 12.0 Å². The van der Waals surface area contributed by atoms with Crippen molar-refractivity contribution in [1.29, 1.82) is 0 Å². The van der Waals surface area contributed by atoms with Crippen LogP contribution in [-0.4, -0.2) is 47.6 Å². The van der Waals surface area contributed by atoms with Crippen LogP contribution in [0.3, 0.4) is 0 Å². The molecule has 1 heterocycles. The topological polar surface area (TPSA) is 69.6 Å². The molecule has 1 rings (SSSR count).